The fraction of sp³-hybridized carbons (Fsp3) is 0.545. The van der Waals surface area contributed by atoms with Gasteiger partial charge in [-0.05, 0) is 70.3 Å². The average Bonchev–Trinajstić information content (AvgIpc) is 3.15. The lowest BCUT2D eigenvalue weighted by Crippen LogP contribution is -2.38. The minimum absolute atomic E-state index is 0.0126. The number of rotatable bonds is 8. The molecule has 0 spiro atoms. The van der Waals surface area contributed by atoms with Crippen molar-refractivity contribution >= 4 is 0 Å². The van der Waals surface area contributed by atoms with Crippen LogP contribution in [0, 0.1) is 5.92 Å². The van der Waals surface area contributed by atoms with Gasteiger partial charge in [0.1, 0.15) is 11.5 Å². The minimum Gasteiger partial charge on any atom is -0.496 e. The zero-order valence-electron chi connectivity index (χ0n) is 16.2. The van der Waals surface area contributed by atoms with Gasteiger partial charge in [0.05, 0.1) is 19.0 Å². The first-order valence-electron chi connectivity index (χ1n) is 9.60. The number of furan rings is 1. The van der Waals surface area contributed by atoms with E-state index >= 15 is 0 Å². The second kappa shape index (κ2) is 8.74. The molecule has 0 saturated carbocycles. The molecule has 1 aliphatic rings. The highest BCUT2D eigenvalue weighted by molar-refractivity contribution is 5.39. The Hall–Kier alpha value is -1.78. The van der Waals surface area contributed by atoms with Crippen LogP contribution in [0.4, 0.5) is 0 Å². The Morgan fingerprint density at radius 3 is 2.81 bits per heavy atom. The van der Waals surface area contributed by atoms with Crippen LogP contribution in [0.2, 0.25) is 0 Å². The van der Waals surface area contributed by atoms with Gasteiger partial charge >= 0.3 is 0 Å². The molecule has 142 valence electrons. The number of ether oxygens (including phenoxy) is 2. The molecule has 2 heterocycles. The van der Waals surface area contributed by atoms with E-state index in [1.165, 1.54) is 5.56 Å². The molecule has 26 heavy (non-hydrogen) atoms. The molecule has 1 fully saturated rings. The third-order valence-corrected chi connectivity index (χ3v) is 5.24. The van der Waals surface area contributed by atoms with Crippen molar-refractivity contribution in [2.75, 3.05) is 26.8 Å². The van der Waals surface area contributed by atoms with E-state index in [1.54, 1.807) is 13.4 Å². The molecule has 3 rings (SSSR count). The van der Waals surface area contributed by atoms with E-state index < -0.39 is 0 Å². The predicted molar refractivity (Wildman–Crippen MR) is 104 cm³/mol. The standard InChI is InChI=1S/C22H31NO3/c1-22(2)15-17(11-14-26-22)16-23-12-10-19(21-9-6-13-25-21)18-7-4-5-8-20(18)24-3/h4-9,13,17,19,23H,10-12,14-16H2,1-3H3/t17-,19-/m1/s1. The zero-order valence-corrected chi connectivity index (χ0v) is 16.2. The Bertz CT molecular complexity index is 666. The summed E-state index contributed by atoms with van der Waals surface area (Å²) in [5.41, 5.74) is 1.19. The fourth-order valence-corrected chi connectivity index (χ4v) is 3.98. The van der Waals surface area contributed by atoms with E-state index in [2.05, 4.69) is 37.4 Å². The summed E-state index contributed by atoms with van der Waals surface area (Å²) >= 11 is 0. The summed E-state index contributed by atoms with van der Waals surface area (Å²) in [6.45, 7) is 7.24. The lowest BCUT2D eigenvalue weighted by molar-refractivity contribution is -0.0717. The smallest absolute Gasteiger partial charge is 0.122 e. The first-order chi connectivity index (χ1) is 12.6. The highest BCUT2D eigenvalue weighted by Crippen LogP contribution is 2.34. The van der Waals surface area contributed by atoms with E-state index in [4.69, 9.17) is 13.9 Å². The van der Waals surface area contributed by atoms with Gasteiger partial charge in [0.25, 0.3) is 0 Å². The van der Waals surface area contributed by atoms with Crippen LogP contribution in [0.1, 0.15) is 50.4 Å². The van der Waals surface area contributed by atoms with Crippen LogP contribution in [0.5, 0.6) is 5.75 Å². The van der Waals surface area contributed by atoms with Crippen LogP contribution >= 0.6 is 0 Å². The van der Waals surface area contributed by atoms with Crippen molar-refractivity contribution in [3.63, 3.8) is 0 Å². The maximum Gasteiger partial charge on any atom is 0.122 e. The number of benzene rings is 1. The average molecular weight is 357 g/mol. The molecular weight excluding hydrogens is 326 g/mol. The zero-order chi connectivity index (χ0) is 18.4. The summed E-state index contributed by atoms with van der Waals surface area (Å²) in [5.74, 6) is 2.79. The number of methoxy groups -OCH3 is 1. The normalized spacial score (nSPS) is 20.7. The Labute approximate surface area is 156 Å². The van der Waals surface area contributed by atoms with Gasteiger partial charge in [0.2, 0.25) is 0 Å². The van der Waals surface area contributed by atoms with Gasteiger partial charge in [-0.25, -0.2) is 0 Å². The van der Waals surface area contributed by atoms with E-state index in [0.29, 0.717) is 5.92 Å². The highest BCUT2D eigenvalue weighted by Gasteiger charge is 2.28. The molecule has 4 heteroatoms. The van der Waals surface area contributed by atoms with Crippen LogP contribution in [-0.4, -0.2) is 32.4 Å². The summed E-state index contributed by atoms with van der Waals surface area (Å²) in [4.78, 5) is 0. The molecule has 0 radical (unpaired) electrons. The molecule has 1 N–H and O–H groups in total. The molecule has 1 aliphatic heterocycles. The van der Waals surface area contributed by atoms with Crippen molar-refractivity contribution in [1.82, 2.24) is 5.32 Å². The topological polar surface area (TPSA) is 43.6 Å². The number of hydrogen-bond acceptors (Lipinski definition) is 4. The largest absolute Gasteiger partial charge is 0.496 e. The Balaban J connectivity index is 1.59. The minimum atomic E-state index is 0.0126. The Kier molecular flexibility index (Phi) is 6.38. The monoisotopic (exact) mass is 357 g/mol. The molecule has 0 bridgehead atoms. The number of para-hydroxylation sites is 1. The Morgan fingerprint density at radius 1 is 1.23 bits per heavy atom. The lowest BCUT2D eigenvalue weighted by Gasteiger charge is -2.35. The quantitative estimate of drug-likeness (QED) is 0.701. The van der Waals surface area contributed by atoms with Gasteiger partial charge in [-0.3, -0.25) is 0 Å². The molecule has 2 aromatic rings. The van der Waals surface area contributed by atoms with Gasteiger partial charge in [0.15, 0.2) is 0 Å². The lowest BCUT2D eigenvalue weighted by atomic mass is 9.88. The van der Waals surface area contributed by atoms with Crippen LogP contribution in [-0.2, 0) is 4.74 Å². The molecule has 1 aromatic carbocycles. The molecule has 4 nitrogen and oxygen atoms in total. The summed E-state index contributed by atoms with van der Waals surface area (Å²) in [6, 6.07) is 12.2. The van der Waals surface area contributed by atoms with Gasteiger partial charge in [-0.15, -0.1) is 0 Å². The molecule has 0 aliphatic carbocycles. The summed E-state index contributed by atoms with van der Waals surface area (Å²) in [6.07, 6.45) is 4.98. The number of nitrogens with one attached hydrogen (secondary N) is 1. The molecule has 1 aromatic heterocycles. The first kappa shape index (κ1) is 19.0. The summed E-state index contributed by atoms with van der Waals surface area (Å²) in [5, 5.41) is 3.65. The SMILES string of the molecule is COc1ccccc1[C@@H](CCNC[C@@H]1CCOC(C)(C)C1)c1ccco1. The van der Waals surface area contributed by atoms with E-state index in [9.17, 15) is 0 Å². The third kappa shape index (κ3) is 4.89. The van der Waals surface area contributed by atoms with Crippen LogP contribution < -0.4 is 10.1 Å². The van der Waals surface area contributed by atoms with Crippen LogP contribution in [0.15, 0.2) is 47.1 Å². The molecule has 2 atom stereocenters. The van der Waals surface area contributed by atoms with E-state index in [0.717, 1.165) is 50.5 Å². The van der Waals surface area contributed by atoms with E-state index in [1.807, 2.05) is 18.2 Å². The highest BCUT2D eigenvalue weighted by atomic mass is 16.5. The Morgan fingerprint density at radius 2 is 2.08 bits per heavy atom. The van der Waals surface area contributed by atoms with Crippen LogP contribution in [0.3, 0.4) is 0 Å². The van der Waals surface area contributed by atoms with Crippen molar-refractivity contribution in [2.24, 2.45) is 5.92 Å². The molecule has 1 saturated heterocycles. The van der Waals surface area contributed by atoms with Gasteiger partial charge in [-0.1, -0.05) is 18.2 Å². The maximum absolute atomic E-state index is 5.82. The van der Waals surface area contributed by atoms with Crippen molar-refractivity contribution in [3.8, 4) is 5.75 Å². The second-order valence-electron chi connectivity index (χ2n) is 7.77. The number of hydrogen-bond donors (Lipinski definition) is 1. The van der Waals surface area contributed by atoms with Gasteiger partial charge in [0, 0.05) is 18.1 Å². The molecular formula is C22H31NO3. The van der Waals surface area contributed by atoms with Crippen LogP contribution in [0.25, 0.3) is 0 Å². The molecule has 0 amide bonds. The maximum atomic E-state index is 5.82. The fourth-order valence-electron chi connectivity index (χ4n) is 3.98. The van der Waals surface area contributed by atoms with Crippen molar-refractivity contribution in [1.29, 1.82) is 0 Å². The van der Waals surface area contributed by atoms with Crippen molar-refractivity contribution < 1.29 is 13.9 Å². The summed E-state index contributed by atoms with van der Waals surface area (Å²) in [7, 11) is 1.73. The van der Waals surface area contributed by atoms with Crippen molar-refractivity contribution in [2.45, 2.75) is 44.6 Å². The van der Waals surface area contributed by atoms with E-state index in [-0.39, 0.29) is 11.5 Å². The second-order valence-corrected chi connectivity index (χ2v) is 7.77. The predicted octanol–water partition coefficient (Wildman–Crippen LogP) is 4.61. The van der Waals surface area contributed by atoms with Gasteiger partial charge < -0.3 is 19.2 Å². The summed E-state index contributed by atoms with van der Waals surface area (Å²) < 4.78 is 17.1. The van der Waals surface area contributed by atoms with Crippen molar-refractivity contribution in [3.05, 3.63) is 54.0 Å². The first-order valence-corrected chi connectivity index (χ1v) is 9.60. The third-order valence-electron chi connectivity index (χ3n) is 5.24. The molecule has 0 unspecified atom stereocenters. The van der Waals surface area contributed by atoms with Gasteiger partial charge in [-0.2, -0.15) is 0 Å².